The molecule has 9 heteroatoms. The van der Waals surface area contributed by atoms with Crippen LogP contribution in [-0.4, -0.2) is 37.4 Å². The van der Waals surface area contributed by atoms with Crippen molar-refractivity contribution >= 4 is 10.0 Å². The van der Waals surface area contributed by atoms with E-state index in [-0.39, 0.29) is 11.4 Å². The van der Waals surface area contributed by atoms with Gasteiger partial charge in [0.25, 0.3) is 0 Å². The number of rotatable bonds is 7. The Bertz CT molecular complexity index is 971. The van der Waals surface area contributed by atoms with Gasteiger partial charge in [-0.15, -0.1) is 0 Å². The van der Waals surface area contributed by atoms with Gasteiger partial charge in [-0.05, 0) is 29.8 Å². The number of methoxy groups -OCH3 is 2. The number of aromatic nitrogens is 3. The third kappa shape index (κ3) is 3.84. The van der Waals surface area contributed by atoms with Gasteiger partial charge in [-0.3, -0.25) is 0 Å². The maximum absolute atomic E-state index is 12.5. The van der Waals surface area contributed by atoms with E-state index >= 15 is 0 Å². The van der Waals surface area contributed by atoms with Crippen molar-refractivity contribution in [1.29, 1.82) is 0 Å². The molecule has 3 rings (SSSR count). The number of ether oxygens (including phenoxy) is 2. The smallest absolute Gasteiger partial charge is 0.241 e. The molecule has 0 radical (unpaired) electrons. The van der Waals surface area contributed by atoms with E-state index in [1.165, 1.54) is 26.4 Å². The Hall–Kier alpha value is -2.91. The predicted octanol–water partition coefficient (Wildman–Crippen LogP) is 1.76. The second-order valence-corrected chi connectivity index (χ2v) is 7.08. The first-order chi connectivity index (χ1) is 12.5. The summed E-state index contributed by atoms with van der Waals surface area (Å²) in [6.45, 7) is 0.114. The van der Waals surface area contributed by atoms with Crippen LogP contribution in [0, 0.1) is 0 Å². The van der Waals surface area contributed by atoms with Crippen molar-refractivity contribution in [3.8, 4) is 17.3 Å². The Morgan fingerprint density at radius 3 is 2.54 bits per heavy atom. The first-order valence-corrected chi connectivity index (χ1v) is 9.18. The quantitative estimate of drug-likeness (QED) is 0.677. The van der Waals surface area contributed by atoms with Gasteiger partial charge in [0.15, 0.2) is 17.3 Å². The van der Waals surface area contributed by atoms with Gasteiger partial charge in [0.1, 0.15) is 0 Å². The molecular formula is C17H18N4O4S. The highest BCUT2D eigenvalue weighted by atomic mass is 32.2. The van der Waals surface area contributed by atoms with Crippen LogP contribution in [0.5, 0.6) is 11.5 Å². The average Bonchev–Trinajstić information content (AvgIpc) is 3.21. The zero-order valence-electron chi connectivity index (χ0n) is 14.3. The minimum absolute atomic E-state index is 0.0938. The molecule has 0 bridgehead atoms. The molecule has 0 fully saturated rings. The van der Waals surface area contributed by atoms with Gasteiger partial charge in [-0.2, -0.15) is 5.10 Å². The summed E-state index contributed by atoms with van der Waals surface area (Å²) >= 11 is 0. The molecule has 0 aliphatic heterocycles. The molecule has 0 unspecified atom stereocenters. The first kappa shape index (κ1) is 17.9. The lowest BCUT2D eigenvalue weighted by atomic mass is 10.3. The molecule has 3 aromatic rings. The fraction of sp³-hybridized carbons (Fsp3) is 0.176. The van der Waals surface area contributed by atoms with E-state index in [0.717, 1.165) is 5.56 Å². The van der Waals surface area contributed by atoms with Crippen molar-refractivity contribution in [3.05, 3.63) is 60.6 Å². The van der Waals surface area contributed by atoms with E-state index in [1.807, 2.05) is 0 Å². The van der Waals surface area contributed by atoms with Gasteiger partial charge in [0, 0.05) is 31.2 Å². The van der Waals surface area contributed by atoms with Gasteiger partial charge in [-0.25, -0.2) is 22.8 Å². The Labute approximate surface area is 151 Å². The minimum atomic E-state index is -3.70. The average molecular weight is 374 g/mol. The molecule has 0 aliphatic carbocycles. The van der Waals surface area contributed by atoms with Gasteiger partial charge in [0.05, 0.1) is 19.1 Å². The highest BCUT2D eigenvalue weighted by Gasteiger charge is 2.17. The van der Waals surface area contributed by atoms with Gasteiger partial charge in [0.2, 0.25) is 10.0 Å². The highest BCUT2D eigenvalue weighted by Crippen LogP contribution is 2.29. The van der Waals surface area contributed by atoms with Gasteiger partial charge in [-0.1, -0.05) is 6.07 Å². The van der Waals surface area contributed by atoms with Crippen molar-refractivity contribution in [2.75, 3.05) is 14.2 Å². The molecule has 0 atom stereocenters. The lowest BCUT2D eigenvalue weighted by molar-refractivity contribution is 0.354. The predicted molar refractivity (Wildman–Crippen MR) is 94.9 cm³/mol. The maximum Gasteiger partial charge on any atom is 0.241 e. The van der Waals surface area contributed by atoms with Crippen LogP contribution in [0.4, 0.5) is 0 Å². The Morgan fingerprint density at radius 2 is 1.92 bits per heavy atom. The normalized spacial score (nSPS) is 11.3. The standard InChI is InChI=1S/C17H18N4O4S/c1-24-15-6-5-14(10-16(15)25-2)26(22,23)20-12-13-4-7-17(18-11-13)21-9-3-8-19-21/h3-11,20H,12H2,1-2H3. The maximum atomic E-state index is 12.5. The second kappa shape index (κ2) is 7.54. The van der Waals surface area contributed by atoms with Crippen LogP contribution in [-0.2, 0) is 16.6 Å². The van der Waals surface area contributed by atoms with Gasteiger partial charge >= 0.3 is 0 Å². The fourth-order valence-corrected chi connectivity index (χ4v) is 3.34. The molecule has 0 amide bonds. The summed E-state index contributed by atoms with van der Waals surface area (Å²) in [5.74, 6) is 1.46. The number of nitrogens with one attached hydrogen (secondary N) is 1. The van der Waals surface area contributed by atoms with E-state index in [2.05, 4.69) is 14.8 Å². The van der Waals surface area contributed by atoms with Crippen LogP contribution in [0.3, 0.4) is 0 Å². The van der Waals surface area contributed by atoms with Crippen molar-refractivity contribution < 1.29 is 17.9 Å². The van der Waals surface area contributed by atoms with Crippen LogP contribution >= 0.6 is 0 Å². The third-order valence-electron chi connectivity index (χ3n) is 3.68. The monoisotopic (exact) mass is 374 g/mol. The molecule has 1 N–H and O–H groups in total. The lowest BCUT2D eigenvalue weighted by Crippen LogP contribution is -2.23. The van der Waals surface area contributed by atoms with Crippen molar-refractivity contribution in [2.45, 2.75) is 11.4 Å². The lowest BCUT2D eigenvalue weighted by Gasteiger charge is -2.11. The van der Waals surface area contributed by atoms with E-state index in [9.17, 15) is 8.42 Å². The molecule has 2 aromatic heterocycles. The Morgan fingerprint density at radius 1 is 1.12 bits per heavy atom. The molecule has 0 saturated carbocycles. The zero-order chi connectivity index (χ0) is 18.6. The van der Waals surface area contributed by atoms with Crippen LogP contribution in [0.1, 0.15) is 5.56 Å². The van der Waals surface area contributed by atoms with E-state index < -0.39 is 10.0 Å². The Kier molecular flexibility index (Phi) is 5.19. The zero-order valence-corrected chi connectivity index (χ0v) is 15.1. The van der Waals surface area contributed by atoms with Crippen LogP contribution in [0.2, 0.25) is 0 Å². The number of benzene rings is 1. The van der Waals surface area contributed by atoms with Crippen LogP contribution < -0.4 is 14.2 Å². The van der Waals surface area contributed by atoms with Crippen molar-refractivity contribution in [3.63, 3.8) is 0 Å². The number of pyridine rings is 1. The third-order valence-corrected chi connectivity index (χ3v) is 5.08. The molecule has 0 saturated heterocycles. The summed E-state index contributed by atoms with van der Waals surface area (Å²) < 4.78 is 39.4. The Balaban J connectivity index is 1.72. The van der Waals surface area contributed by atoms with Crippen molar-refractivity contribution in [1.82, 2.24) is 19.5 Å². The first-order valence-electron chi connectivity index (χ1n) is 7.70. The van der Waals surface area contributed by atoms with Gasteiger partial charge < -0.3 is 9.47 Å². The molecule has 8 nitrogen and oxygen atoms in total. The van der Waals surface area contributed by atoms with Crippen molar-refractivity contribution in [2.24, 2.45) is 0 Å². The molecule has 26 heavy (non-hydrogen) atoms. The summed E-state index contributed by atoms with van der Waals surface area (Å²) in [5.41, 5.74) is 0.727. The number of nitrogens with zero attached hydrogens (tertiary/aromatic N) is 3. The molecule has 2 heterocycles. The molecule has 136 valence electrons. The summed E-state index contributed by atoms with van der Waals surface area (Å²) in [6, 6.07) is 9.79. The summed E-state index contributed by atoms with van der Waals surface area (Å²) in [4.78, 5) is 4.37. The topological polar surface area (TPSA) is 95.3 Å². The number of hydrogen-bond acceptors (Lipinski definition) is 6. The van der Waals surface area contributed by atoms with Crippen LogP contribution in [0.15, 0.2) is 59.9 Å². The van der Waals surface area contributed by atoms with E-state index in [4.69, 9.17) is 9.47 Å². The molecule has 0 aliphatic rings. The number of hydrogen-bond donors (Lipinski definition) is 1. The summed E-state index contributed by atoms with van der Waals surface area (Å²) in [7, 11) is -0.757. The summed E-state index contributed by atoms with van der Waals surface area (Å²) in [5, 5.41) is 4.09. The SMILES string of the molecule is COc1ccc(S(=O)(=O)NCc2ccc(-n3cccn3)nc2)cc1OC. The largest absolute Gasteiger partial charge is 0.493 e. The van der Waals surface area contributed by atoms with E-state index in [0.29, 0.717) is 17.3 Å². The minimum Gasteiger partial charge on any atom is -0.493 e. The van der Waals surface area contributed by atoms with E-state index in [1.54, 1.807) is 47.5 Å². The molecule has 0 spiro atoms. The highest BCUT2D eigenvalue weighted by molar-refractivity contribution is 7.89. The summed E-state index contributed by atoms with van der Waals surface area (Å²) in [6.07, 6.45) is 5.04. The van der Waals surface area contributed by atoms with Crippen LogP contribution in [0.25, 0.3) is 5.82 Å². The molecule has 1 aromatic carbocycles. The fourth-order valence-electron chi connectivity index (χ4n) is 2.31. The second-order valence-electron chi connectivity index (χ2n) is 5.32. The molecular weight excluding hydrogens is 356 g/mol. The number of sulfonamides is 1.